The quantitative estimate of drug-likeness (QED) is 0.299. The number of nitrogens with zero attached hydrogens (tertiary/aromatic N) is 1. The van der Waals surface area contributed by atoms with Crippen LogP contribution in [-0.2, 0) is 25.7 Å². The highest BCUT2D eigenvalue weighted by Gasteiger charge is 2.55. The molecule has 1 spiro atoms. The van der Waals surface area contributed by atoms with E-state index in [9.17, 15) is 24.0 Å². The number of carbonyl (C=O) groups excluding carboxylic acids is 5. The molecule has 1 aromatic heterocycles. The van der Waals surface area contributed by atoms with Crippen molar-refractivity contribution in [2.45, 2.75) is 50.7 Å². The minimum absolute atomic E-state index is 0.0169. The van der Waals surface area contributed by atoms with Crippen molar-refractivity contribution in [1.29, 1.82) is 0 Å². The van der Waals surface area contributed by atoms with Gasteiger partial charge in [-0.05, 0) is 55.2 Å². The Hall–Kier alpha value is -4.47. The highest BCUT2D eigenvalue weighted by Crippen LogP contribution is 2.55. The number of hydrogen-bond acceptors (Lipinski definition) is 5. The lowest BCUT2D eigenvalue weighted by molar-refractivity contribution is -0.141. The van der Waals surface area contributed by atoms with Crippen LogP contribution in [0.2, 0.25) is 0 Å². The van der Waals surface area contributed by atoms with Crippen molar-refractivity contribution < 1.29 is 24.0 Å². The summed E-state index contributed by atoms with van der Waals surface area (Å²) in [6, 6.07) is 16.6. The van der Waals surface area contributed by atoms with Gasteiger partial charge in [0.25, 0.3) is 11.8 Å². The van der Waals surface area contributed by atoms with Gasteiger partial charge >= 0.3 is 0 Å². The molecule has 6 rings (SSSR count). The first-order chi connectivity index (χ1) is 19.8. The number of likely N-dealkylation sites (tertiary alicyclic amines) is 1. The van der Waals surface area contributed by atoms with Crippen LogP contribution in [0.4, 0.5) is 0 Å². The normalized spacial score (nSPS) is 21.5. The lowest BCUT2D eigenvalue weighted by Crippen LogP contribution is -2.54. The van der Waals surface area contributed by atoms with Crippen LogP contribution in [0.25, 0.3) is 10.9 Å². The number of amides is 4. The smallest absolute Gasteiger partial charge is 0.289 e. The summed E-state index contributed by atoms with van der Waals surface area (Å²) in [5.41, 5.74) is 1.97. The molecule has 3 atom stereocenters. The van der Waals surface area contributed by atoms with Crippen molar-refractivity contribution >= 4 is 40.3 Å². The first-order valence-electron chi connectivity index (χ1n) is 14.1. The number of rotatable bonds is 9. The number of aromatic nitrogens is 1. The molecular formula is C31H33N5O5. The molecule has 3 unspecified atom stereocenters. The van der Waals surface area contributed by atoms with E-state index in [2.05, 4.69) is 20.9 Å². The van der Waals surface area contributed by atoms with Gasteiger partial charge in [-0.1, -0.05) is 48.5 Å². The van der Waals surface area contributed by atoms with Gasteiger partial charge in [0.15, 0.2) is 0 Å². The Labute approximate surface area is 237 Å². The zero-order valence-corrected chi connectivity index (χ0v) is 22.7. The fraction of sp³-hybridized carbons (Fsp3) is 0.387. The monoisotopic (exact) mass is 555 g/mol. The number of ketones is 1. The Kier molecular flexibility index (Phi) is 7.07. The van der Waals surface area contributed by atoms with Gasteiger partial charge in [-0.15, -0.1) is 0 Å². The van der Waals surface area contributed by atoms with Gasteiger partial charge in [0, 0.05) is 36.5 Å². The van der Waals surface area contributed by atoms with Gasteiger partial charge in [0.1, 0.15) is 11.7 Å². The average Bonchev–Trinajstić information content (AvgIpc) is 3.28. The Morgan fingerprint density at radius 1 is 1.02 bits per heavy atom. The van der Waals surface area contributed by atoms with Crippen LogP contribution < -0.4 is 16.0 Å². The minimum atomic E-state index is -1.19. The maximum atomic E-state index is 13.8. The summed E-state index contributed by atoms with van der Waals surface area (Å²) in [5.74, 6) is -3.08. The molecule has 2 aliphatic heterocycles. The molecule has 1 saturated carbocycles. The van der Waals surface area contributed by atoms with Crippen LogP contribution in [0.15, 0.2) is 60.7 Å². The number of hydrogen-bond donors (Lipinski definition) is 4. The zero-order valence-electron chi connectivity index (χ0n) is 22.7. The minimum Gasteiger partial charge on any atom is -0.356 e. The molecule has 4 amide bonds. The lowest BCUT2D eigenvalue weighted by atomic mass is 9.94. The van der Waals surface area contributed by atoms with Crippen molar-refractivity contribution in [3.63, 3.8) is 0 Å². The van der Waals surface area contributed by atoms with E-state index in [0.717, 1.165) is 29.3 Å². The molecular weight excluding hydrogens is 522 g/mol. The second-order valence-electron chi connectivity index (χ2n) is 11.5. The summed E-state index contributed by atoms with van der Waals surface area (Å²) in [7, 11) is 0. The van der Waals surface area contributed by atoms with Gasteiger partial charge in [-0.2, -0.15) is 0 Å². The van der Waals surface area contributed by atoms with Gasteiger partial charge in [-0.25, -0.2) is 0 Å². The van der Waals surface area contributed by atoms with E-state index >= 15 is 0 Å². The Bertz CT molecular complexity index is 1480. The zero-order chi connectivity index (χ0) is 28.6. The van der Waals surface area contributed by atoms with Gasteiger partial charge in [-0.3, -0.25) is 24.0 Å². The molecule has 0 bridgehead atoms. The molecule has 41 heavy (non-hydrogen) atoms. The number of carbonyl (C=O) groups is 5. The van der Waals surface area contributed by atoms with Gasteiger partial charge in [0.2, 0.25) is 17.6 Å². The molecule has 2 aromatic carbocycles. The molecule has 3 aliphatic rings. The third kappa shape index (κ3) is 5.59. The highest BCUT2D eigenvalue weighted by molar-refractivity contribution is 6.38. The second-order valence-corrected chi connectivity index (χ2v) is 11.5. The van der Waals surface area contributed by atoms with Crippen LogP contribution in [0, 0.1) is 11.3 Å². The van der Waals surface area contributed by atoms with E-state index in [1.54, 1.807) is 11.0 Å². The standard InChI is InChI=1S/C31H33N5O5/c37-26(29(40)33-17-19-6-2-1-3-7-19)23(15-21-10-13-32-27(21)38)35-28(39)25-16-31(11-12-31)18-36(25)30(41)24-14-20-8-4-5-9-22(20)34-24/h1-9,14,21,23,25,34H,10-13,15-18H2,(H,32,38)(H,33,40)(H,35,39). The Morgan fingerprint density at radius 3 is 2.49 bits per heavy atom. The predicted molar refractivity (Wildman–Crippen MR) is 150 cm³/mol. The topological polar surface area (TPSA) is 140 Å². The van der Waals surface area contributed by atoms with Crippen molar-refractivity contribution in [3.8, 4) is 0 Å². The van der Waals surface area contributed by atoms with Crippen molar-refractivity contribution in [2.75, 3.05) is 13.1 Å². The van der Waals surface area contributed by atoms with Crippen LogP contribution in [0.1, 0.15) is 48.2 Å². The van der Waals surface area contributed by atoms with E-state index in [-0.39, 0.29) is 30.2 Å². The average molecular weight is 556 g/mol. The van der Waals surface area contributed by atoms with Gasteiger partial charge < -0.3 is 25.8 Å². The Balaban J connectivity index is 1.19. The van der Waals surface area contributed by atoms with E-state index in [0.29, 0.717) is 31.6 Å². The molecule has 3 fully saturated rings. The Morgan fingerprint density at radius 2 is 1.78 bits per heavy atom. The predicted octanol–water partition coefficient (Wildman–Crippen LogP) is 2.06. The third-order valence-corrected chi connectivity index (χ3v) is 8.63. The van der Waals surface area contributed by atoms with Crippen LogP contribution in [0.5, 0.6) is 0 Å². The number of fused-ring (bicyclic) bond motifs is 1. The first-order valence-corrected chi connectivity index (χ1v) is 14.1. The number of benzene rings is 2. The molecule has 0 radical (unpaired) electrons. The van der Waals surface area contributed by atoms with Crippen LogP contribution >= 0.6 is 0 Å². The number of Topliss-reactive ketones (excluding diaryl/α,β-unsaturated/α-hetero) is 1. The molecule has 10 nitrogen and oxygen atoms in total. The van der Waals surface area contributed by atoms with E-state index in [1.807, 2.05) is 54.6 Å². The summed E-state index contributed by atoms with van der Waals surface area (Å²) in [6.07, 6.45) is 2.89. The van der Waals surface area contributed by atoms with Crippen molar-refractivity contribution in [1.82, 2.24) is 25.8 Å². The molecule has 1 aliphatic carbocycles. The van der Waals surface area contributed by atoms with E-state index < -0.39 is 35.6 Å². The summed E-state index contributed by atoms with van der Waals surface area (Å²) in [6.45, 7) is 1.10. The van der Waals surface area contributed by atoms with Crippen LogP contribution in [-0.4, -0.2) is 64.5 Å². The summed E-state index contributed by atoms with van der Waals surface area (Å²) in [5, 5.41) is 9.06. The van der Waals surface area contributed by atoms with E-state index in [1.165, 1.54) is 0 Å². The molecule has 3 aromatic rings. The van der Waals surface area contributed by atoms with Crippen molar-refractivity contribution in [2.24, 2.45) is 11.3 Å². The maximum Gasteiger partial charge on any atom is 0.289 e. The fourth-order valence-electron chi connectivity index (χ4n) is 6.06. The molecule has 10 heteroatoms. The molecule has 4 N–H and O–H groups in total. The summed E-state index contributed by atoms with van der Waals surface area (Å²) >= 11 is 0. The maximum absolute atomic E-state index is 13.8. The third-order valence-electron chi connectivity index (χ3n) is 8.63. The number of aromatic amines is 1. The van der Waals surface area contributed by atoms with Crippen LogP contribution in [0.3, 0.4) is 0 Å². The summed E-state index contributed by atoms with van der Waals surface area (Å²) in [4.78, 5) is 70.7. The number of H-pyrrole nitrogens is 1. The van der Waals surface area contributed by atoms with E-state index in [4.69, 9.17) is 0 Å². The molecule has 2 saturated heterocycles. The summed E-state index contributed by atoms with van der Waals surface area (Å²) < 4.78 is 0. The first kappa shape index (κ1) is 26.7. The number of nitrogens with one attached hydrogen (secondary N) is 4. The largest absolute Gasteiger partial charge is 0.356 e. The second kappa shape index (κ2) is 10.8. The fourth-order valence-corrected chi connectivity index (χ4v) is 6.06. The lowest BCUT2D eigenvalue weighted by Gasteiger charge is -2.26. The van der Waals surface area contributed by atoms with Crippen molar-refractivity contribution in [3.05, 3.63) is 71.9 Å². The highest BCUT2D eigenvalue weighted by atomic mass is 16.2. The SMILES string of the molecule is O=C(NCc1ccccc1)C(=O)C(CC1CCNC1=O)NC(=O)C1CC2(CC2)CN1C(=O)c1cc2ccccc2[nH]1. The number of para-hydroxylation sites is 1. The molecule has 212 valence electrons. The molecule has 3 heterocycles. The van der Waals surface area contributed by atoms with Gasteiger partial charge in [0.05, 0.1) is 6.04 Å².